The molecule has 1 aromatic heterocycles. The Kier molecular flexibility index (Phi) is 7.81. The molecule has 0 radical (unpaired) electrons. The maximum absolute atomic E-state index is 14.9. The second kappa shape index (κ2) is 11.6. The van der Waals surface area contributed by atoms with Crippen LogP contribution in [0.4, 0.5) is 13.2 Å². The predicted octanol–water partition coefficient (Wildman–Crippen LogP) is 5.22. The molecule has 2 saturated heterocycles. The molecule has 224 valence electrons. The number of aromatic nitrogens is 1. The molecule has 0 unspecified atom stereocenters. The second-order valence-corrected chi connectivity index (χ2v) is 11.7. The number of aryl methyl sites for hydroxylation is 1. The number of alkyl halides is 2. The van der Waals surface area contributed by atoms with Gasteiger partial charge in [0, 0.05) is 53.7 Å². The van der Waals surface area contributed by atoms with Crippen LogP contribution >= 0.6 is 0 Å². The lowest BCUT2D eigenvalue weighted by Gasteiger charge is -2.45. The first-order valence-electron chi connectivity index (χ1n) is 14.5. The summed E-state index contributed by atoms with van der Waals surface area (Å²) in [6.07, 6.45) is 2.95. The van der Waals surface area contributed by atoms with Gasteiger partial charge in [-0.3, -0.25) is 24.5 Å². The molecule has 10 heteroatoms. The third-order valence-corrected chi connectivity index (χ3v) is 8.62. The summed E-state index contributed by atoms with van der Waals surface area (Å²) in [5.41, 5.74) is 5.55. The minimum absolute atomic E-state index is 0.0273. The van der Waals surface area contributed by atoms with Crippen LogP contribution < -0.4 is 4.74 Å². The van der Waals surface area contributed by atoms with Crippen LogP contribution in [0.5, 0.6) is 5.75 Å². The number of rotatable bonds is 8. The average molecular weight is 591 g/mol. The molecule has 2 aromatic carbocycles. The number of halogens is 3. The van der Waals surface area contributed by atoms with Crippen LogP contribution in [0, 0.1) is 18.7 Å². The fourth-order valence-electron chi connectivity index (χ4n) is 6.39. The van der Waals surface area contributed by atoms with Gasteiger partial charge in [-0.1, -0.05) is 18.2 Å². The number of amides is 1. The van der Waals surface area contributed by atoms with E-state index in [4.69, 9.17) is 9.73 Å². The van der Waals surface area contributed by atoms with Crippen molar-refractivity contribution in [2.45, 2.75) is 51.2 Å². The lowest BCUT2D eigenvalue weighted by molar-refractivity contribution is -0.172. The molecule has 3 aliphatic heterocycles. The third-order valence-electron chi connectivity index (χ3n) is 8.62. The summed E-state index contributed by atoms with van der Waals surface area (Å²) in [6, 6.07) is 13.4. The molecule has 2 atom stereocenters. The van der Waals surface area contributed by atoms with Gasteiger partial charge in [0.25, 0.3) is 5.92 Å². The molecule has 0 bridgehead atoms. The number of pyridine rings is 1. The van der Waals surface area contributed by atoms with Crippen LogP contribution in [0.25, 0.3) is 0 Å². The molecule has 6 rings (SSSR count). The Morgan fingerprint density at radius 3 is 2.65 bits per heavy atom. The van der Waals surface area contributed by atoms with Crippen molar-refractivity contribution < 1.29 is 27.5 Å². The number of Topliss-reactive ketones (excluding diaryl/α,β-unsaturated/α-hetero) is 1. The number of fused-ring (bicyclic) bond motifs is 1. The number of nitrogens with zero attached hydrogens (tertiary/aromatic N) is 4. The number of hydrogen-bond donors (Lipinski definition) is 0. The number of likely N-dealkylation sites (tertiary alicyclic amines) is 2. The molecule has 0 spiro atoms. The van der Waals surface area contributed by atoms with Gasteiger partial charge < -0.3 is 9.64 Å². The molecule has 0 aliphatic carbocycles. The topological polar surface area (TPSA) is 75.1 Å². The first kappa shape index (κ1) is 29.0. The standard InChI is InChI=1S/C33H33F3N4O3/c1-20-12-23(10-11-37-20)31-25-14-22(7-8-24(25)15-38-31)29(41)13-21-6-9-28(32(42)40-18-33(35,36)19-40)39(16-21)17-26-27(34)4-3-5-30(26)43-2/h3-5,7-8,10-12,14,21,28H,6,9,13,15-19H2,1-2H3/t21-,28-/m0/s1. The largest absolute Gasteiger partial charge is 0.496 e. The molecule has 3 aliphatic rings. The van der Waals surface area contributed by atoms with Crippen LogP contribution in [0.15, 0.2) is 59.7 Å². The monoisotopic (exact) mass is 590 g/mol. The van der Waals surface area contributed by atoms with Crippen LogP contribution in [0.3, 0.4) is 0 Å². The van der Waals surface area contributed by atoms with E-state index in [2.05, 4.69) is 4.98 Å². The van der Waals surface area contributed by atoms with Crippen molar-refractivity contribution in [2.24, 2.45) is 10.9 Å². The van der Waals surface area contributed by atoms with Crippen LogP contribution in [-0.4, -0.2) is 70.9 Å². The van der Waals surface area contributed by atoms with Gasteiger partial charge in [-0.15, -0.1) is 0 Å². The molecule has 1 amide bonds. The van der Waals surface area contributed by atoms with Gasteiger partial charge >= 0.3 is 0 Å². The van der Waals surface area contributed by atoms with Gasteiger partial charge in [-0.2, -0.15) is 0 Å². The Balaban J connectivity index is 1.20. The van der Waals surface area contributed by atoms with E-state index in [9.17, 15) is 22.8 Å². The Morgan fingerprint density at radius 2 is 1.91 bits per heavy atom. The number of methoxy groups -OCH3 is 1. The number of carbonyl (C=O) groups excluding carboxylic acids is 2. The zero-order chi connectivity index (χ0) is 30.3. The highest BCUT2D eigenvalue weighted by molar-refractivity contribution is 6.16. The number of piperidine rings is 1. The summed E-state index contributed by atoms with van der Waals surface area (Å²) in [7, 11) is 1.45. The number of aliphatic imine (C=N–C) groups is 1. The van der Waals surface area contributed by atoms with Crippen molar-refractivity contribution in [2.75, 3.05) is 26.7 Å². The smallest absolute Gasteiger partial charge is 0.282 e. The van der Waals surface area contributed by atoms with Crippen molar-refractivity contribution in [3.05, 3.63) is 94.1 Å². The van der Waals surface area contributed by atoms with E-state index in [1.165, 1.54) is 13.2 Å². The van der Waals surface area contributed by atoms with Crippen LogP contribution in [0.2, 0.25) is 0 Å². The zero-order valence-electron chi connectivity index (χ0n) is 24.2. The first-order valence-corrected chi connectivity index (χ1v) is 14.5. The molecular weight excluding hydrogens is 557 g/mol. The summed E-state index contributed by atoms with van der Waals surface area (Å²) in [4.78, 5) is 38.8. The summed E-state index contributed by atoms with van der Waals surface area (Å²) in [6.45, 7) is 1.67. The number of ketones is 1. The van der Waals surface area contributed by atoms with Gasteiger partial charge in [-0.05, 0) is 61.6 Å². The SMILES string of the molecule is COc1cccc(F)c1CN1C[C@H](CC(=O)c2ccc3c(c2)C(c2ccnc(C)c2)=NC3)CC[C@H]1C(=O)N1CC(F)(F)C1. The fraction of sp³-hybridized carbons (Fsp3) is 0.394. The van der Waals surface area contributed by atoms with E-state index < -0.39 is 30.9 Å². The van der Waals surface area contributed by atoms with Crippen molar-refractivity contribution in [3.63, 3.8) is 0 Å². The van der Waals surface area contributed by atoms with Gasteiger partial charge in [0.1, 0.15) is 11.6 Å². The molecule has 0 N–H and O–H groups in total. The highest BCUT2D eigenvalue weighted by atomic mass is 19.3. The van der Waals surface area contributed by atoms with E-state index in [1.54, 1.807) is 18.3 Å². The summed E-state index contributed by atoms with van der Waals surface area (Å²) in [5, 5.41) is 0. The Hall–Kier alpha value is -4.05. The molecular formula is C33H33F3N4O3. The van der Waals surface area contributed by atoms with Gasteiger partial charge in [-0.25, -0.2) is 13.2 Å². The number of ether oxygens (including phenoxy) is 1. The molecule has 7 nitrogen and oxygen atoms in total. The normalized spacial score (nSPS) is 21.1. The van der Waals surface area contributed by atoms with Crippen molar-refractivity contribution >= 4 is 17.4 Å². The van der Waals surface area contributed by atoms with Crippen molar-refractivity contribution in [1.29, 1.82) is 0 Å². The van der Waals surface area contributed by atoms with Crippen LogP contribution in [-0.2, 0) is 17.9 Å². The maximum Gasteiger partial charge on any atom is 0.282 e. The van der Waals surface area contributed by atoms with E-state index in [0.29, 0.717) is 42.8 Å². The summed E-state index contributed by atoms with van der Waals surface area (Å²) in [5.74, 6) is -3.52. The number of hydrogen-bond acceptors (Lipinski definition) is 6. The first-order chi connectivity index (χ1) is 20.6. The predicted molar refractivity (Wildman–Crippen MR) is 155 cm³/mol. The molecule has 4 heterocycles. The van der Waals surface area contributed by atoms with Gasteiger partial charge in [0.2, 0.25) is 5.91 Å². The third kappa shape index (κ3) is 5.93. The molecule has 43 heavy (non-hydrogen) atoms. The van der Waals surface area contributed by atoms with E-state index >= 15 is 0 Å². The minimum Gasteiger partial charge on any atom is -0.496 e. The summed E-state index contributed by atoms with van der Waals surface area (Å²) >= 11 is 0. The average Bonchev–Trinajstić information content (AvgIpc) is 3.40. The Morgan fingerprint density at radius 1 is 1.09 bits per heavy atom. The maximum atomic E-state index is 14.9. The highest BCUT2D eigenvalue weighted by Crippen LogP contribution is 2.34. The molecule has 2 fully saturated rings. The Bertz CT molecular complexity index is 1600. The number of carbonyl (C=O) groups is 2. The van der Waals surface area contributed by atoms with Gasteiger partial charge in [0.15, 0.2) is 5.78 Å². The van der Waals surface area contributed by atoms with E-state index in [0.717, 1.165) is 33.0 Å². The summed E-state index contributed by atoms with van der Waals surface area (Å²) < 4.78 is 47.4. The van der Waals surface area contributed by atoms with Crippen LogP contribution in [0.1, 0.15) is 57.6 Å². The lowest BCUT2D eigenvalue weighted by Crippen LogP contribution is -2.63. The van der Waals surface area contributed by atoms with Gasteiger partial charge in [0.05, 0.1) is 38.5 Å². The number of benzene rings is 2. The van der Waals surface area contributed by atoms with E-state index in [1.807, 2.05) is 42.2 Å². The van der Waals surface area contributed by atoms with Crippen molar-refractivity contribution in [1.82, 2.24) is 14.8 Å². The fourth-order valence-corrected chi connectivity index (χ4v) is 6.39. The Labute approximate surface area is 248 Å². The van der Waals surface area contributed by atoms with Crippen molar-refractivity contribution in [3.8, 4) is 5.75 Å². The highest BCUT2D eigenvalue weighted by Gasteiger charge is 2.49. The lowest BCUT2D eigenvalue weighted by atomic mass is 9.86. The minimum atomic E-state index is -2.88. The molecule has 0 saturated carbocycles. The van der Waals surface area contributed by atoms with E-state index in [-0.39, 0.29) is 30.6 Å². The zero-order valence-corrected chi connectivity index (χ0v) is 24.2. The molecule has 3 aromatic rings. The second-order valence-electron chi connectivity index (χ2n) is 11.7. The quantitative estimate of drug-likeness (QED) is 0.337.